The van der Waals surface area contributed by atoms with Gasteiger partial charge >= 0.3 is 0 Å². The molecule has 8 atom stereocenters. The van der Waals surface area contributed by atoms with Gasteiger partial charge in [0.25, 0.3) is 0 Å². The molecule has 1 aliphatic heterocycles. The Balaban J connectivity index is 1.03. The predicted octanol–water partition coefficient (Wildman–Crippen LogP) is 6.20. The van der Waals surface area contributed by atoms with Crippen molar-refractivity contribution in [2.75, 3.05) is 20.1 Å². The van der Waals surface area contributed by atoms with E-state index in [1.54, 1.807) is 5.57 Å². The van der Waals surface area contributed by atoms with Gasteiger partial charge in [-0.1, -0.05) is 32.4 Å². The van der Waals surface area contributed by atoms with Crippen LogP contribution in [0.2, 0.25) is 0 Å². The minimum absolute atomic E-state index is 0.127. The number of hydrogen-bond acceptors (Lipinski definition) is 3. The smallest absolute Gasteiger partial charge is 0.225 e. The lowest BCUT2D eigenvalue weighted by Gasteiger charge is -2.58. The molecule has 0 aromatic carbocycles. The van der Waals surface area contributed by atoms with Crippen LogP contribution in [0.25, 0.3) is 0 Å². The van der Waals surface area contributed by atoms with E-state index in [1.165, 1.54) is 32.1 Å². The first kappa shape index (κ1) is 27.8. The van der Waals surface area contributed by atoms with Gasteiger partial charge in [0.15, 0.2) is 0 Å². The molecule has 2 amide bonds. The number of aliphatic hydroxyl groups excluding tert-OH is 1. The van der Waals surface area contributed by atoms with Crippen LogP contribution >= 0.6 is 0 Å². The van der Waals surface area contributed by atoms with Crippen molar-refractivity contribution in [2.24, 2.45) is 46.3 Å². The van der Waals surface area contributed by atoms with Gasteiger partial charge in [-0.25, -0.2) is 0 Å². The number of carbonyl (C=O) groups is 2. The number of hydrogen-bond donors (Lipinski definition) is 1. The van der Waals surface area contributed by atoms with E-state index in [9.17, 15) is 14.7 Å². The molecular weight excluding hydrogens is 484 g/mol. The molecule has 1 heterocycles. The molecule has 0 radical (unpaired) electrons. The normalized spacial score (nSPS) is 41.2. The van der Waals surface area contributed by atoms with Gasteiger partial charge in [-0.3, -0.25) is 9.59 Å². The third-order valence-electron chi connectivity index (χ3n) is 13.3. The Hall–Kier alpha value is -1.36. The van der Waals surface area contributed by atoms with E-state index in [1.807, 2.05) is 16.8 Å². The van der Waals surface area contributed by atoms with E-state index < -0.39 is 0 Å². The summed E-state index contributed by atoms with van der Waals surface area (Å²) in [5, 5.41) is 10.3. The van der Waals surface area contributed by atoms with Gasteiger partial charge in [0, 0.05) is 38.5 Å². The molecule has 39 heavy (non-hydrogen) atoms. The van der Waals surface area contributed by atoms with E-state index in [0.717, 1.165) is 88.1 Å². The molecule has 5 nitrogen and oxygen atoms in total. The second-order valence-corrected chi connectivity index (χ2v) is 15.2. The Kier molecular flexibility index (Phi) is 7.47. The quantitative estimate of drug-likeness (QED) is 0.410. The maximum absolute atomic E-state index is 13.3. The van der Waals surface area contributed by atoms with Gasteiger partial charge in [-0.2, -0.15) is 0 Å². The summed E-state index contributed by atoms with van der Waals surface area (Å²) < 4.78 is 0. The number of aliphatic hydroxyl groups is 1. The summed E-state index contributed by atoms with van der Waals surface area (Å²) in [6.45, 7) is 9.19. The molecule has 5 heteroatoms. The average Bonchev–Trinajstić information content (AvgIpc) is 3.72. The van der Waals surface area contributed by atoms with Crippen LogP contribution in [0, 0.1) is 46.3 Å². The molecule has 1 N–H and O–H groups in total. The zero-order chi connectivity index (χ0) is 27.5. The fourth-order valence-corrected chi connectivity index (χ4v) is 10.6. The first-order valence-corrected chi connectivity index (χ1v) is 16.5. The number of carbonyl (C=O) groups excluding carboxylic acids is 2. The molecule has 4 saturated carbocycles. The molecule has 0 aromatic rings. The number of rotatable bonds is 6. The highest BCUT2D eigenvalue weighted by Crippen LogP contribution is 2.67. The van der Waals surface area contributed by atoms with E-state index in [4.69, 9.17) is 0 Å². The van der Waals surface area contributed by atoms with Crippen LogP contribution in [-0.2, 0) is 9.59 Å². The highest BCUT2D eigenvalue weighted by Gasteiger charge is 2.59. The summed E-state index contributed by atoms with van der Waals surface area (Å²) >= 11 is 0. The van der Waals surface area contributed by atoms with Crippen molar-refractivity contribution >= 4 is 11.8 Å². The fraction of sp³-hybridized carbons (Fsp3) is 0.882. The zero-order valence-corrected chi connectivity index (χ0v) is 25.2. The average molecular weight is 539 g/mol. The highest BCUT2D eigenvalue weighted by molar-refractivity contribution is 5.81. The largest absolute Gasteiger partial charge is 0.393 e. The molecule has 0 spiro atoms. The van der Waals surface area contributed by atoms with Crippen molar-refractivity contribution in [1.29, 1.82) is 0 Å². The molecular formula is C34H54N2O3. The molecule has 0 unspecified atom stereocenters. The fourth-order valence-electron chi connectivity index (χ4n) is 10.6. The van der Waals surface area contributed by atoms with E-state index in [-0.39, 0.29) is 12.1 Å². The van der Waals surface area contributed by atoms with Crippen LogP contribution in [0.1, 0.15) is 111 Å². The van der Waals surface area contributed by atoms with Gasteiger partial charge in [0.1, 0.15) is 0 Å². The maximum atomic E-state index is 13.3. The summed E-state index contributed by atoms with van der Waals surface area (Å²) in [7, 11) is 2.00. The highest BCUT2D eigenvalue weighted by atomic mass is 16.3. The van der Waals surface area contributed by atoms with Gasteiger partial charge in [0.2, 0.25) is 11.8 Å². The number of fused-ring (bicyclic) bond motifs is 5. The number of piperidine rings is 1. The predicted molar refractivity (Wildman–Crippen MR) is 155 cm³/mol. The lowest BCUT2D eigenvalue weighted by atomic mass is 9.47. The van der Waals surface area contributed by atoms with Crippen molar-refractivity contribution in [2.45, 2.75) is 123 Å². The molecule has 5 aliphatic carbocycles. The number of allylic oxidation sites excluding steroid dienone is 1. The first-order valence-electron chi connectivity index (χ1n) is 16.5. The maximum Gasteiger partial charge on any atom is 0.225 e. The van der Waals surface area contributed by atoms with Crippen molar-refractivity contribution in [3.63, 3.8) is 0 Å². The molecule has 5 fully saturated rings. The molecule has 6 aliphatic rings. The van der Waals surface area contributed by atoms with Crippen LogP contribution in [0.15, 0.2) is 11.6 Å². The molecule has 6 rings (SSSR count). The van der Waals surface area contributed by atoms with E-state index in [2.05, 4.69) is 26.8 Å². The first-order chi connectivity index (χ1) is 18.6. The second-order valence-electron chi connectivity index (χ2n) is 15.2. The van der Waals surface area contributed by atoms with Crippen molar-refractivity contribution < 1.29 is 14.7 Å². The topological polar surface area (TPSA) is 60.9 Å². The zero-order valence-electron chi connectivity index (χ0n) is 25.2. The lowest BCUT2D eigenvalue weighted by molar-refractivity contribution is -0.136. The van der Waals surface area contributed by atoms with E-state index in [0.29, 0.717) is 40.9 Å². The molecule has 0 aromatic heterocycles. The molecule has 0 bridgehead atoms. The number of likely N-dealkylation sites (tertiary alicyclic amines) is 1. The third-order valence-corrected chi connectivity index (χ3v) is 13.3. The van der Waals surface area contributed by atoms with Crippen LogP contribution in [0.4, 0.5) is 0 Å². The van der Waals surface area contributed by atoms with Crippen LogP contribution < -0.4 is 0 Å². The SMILES string of the molecule is C[C@H](CCC(=O)N(C)C1CCN(C(=O)C2CC2)CC1)[C@H]1CC[C@H]2[C@@H]3CC=C4C[C@@H](O)CC[C@]4(C)[C@H]3CC[C@]12C. The Labute approximate surface area is 237 Å². The summed E-state index contributed by atoms with van der Waals surface area (Å²) in [6.07, 6.45) is 17.7. The Morgan fingerprint density at radius 2 is 1.77 bits per heavy atom. The van der Waals surface area contributed by atoms with Gasteiger partial charge in [-0.15, -0.1) is 0 Å². The molecule has 218 valence electrons. The molecule has 1 saturated heterocycles. The van der Waals surface area contributed by atoms with Crippen LogP contribution in [0.5, 0.6) is 0 Å². The standard InChI is InChI=1S/C34H54N2O3/c1-22(5-12-31(38)35(4)25-15-19-36(20-16-25)32(39)23-6-7-23)28-10-11-29-27-9-8-24-21-26(37)13-17-33(24,2)30(27)14-18-34(28,29)3/h8,22-23,25-30,37H,5-7,9-21H2,1-4H3/t22-,26+,27+,28-,29+,30+,33+,34-/m1/s1. The monoisotopic (exact) mass is 538 g/mol. The van der Waals surface area contributed by atoms with Gasteiger partial charge in [0.05, 0.1) is 6.10 Å². The summed E-state index contributed by atoms with van der Waals surface area (Å²) in [6, 6.07) is 0.284. The minimum Gasteiger partial charge on any atom is -0.393 e. The lowest BCUT2D eigenvalue weighted by Crippen LogP contribution is -2.50. The van der Waals surface area contributed by atoms with Crippen LogP contribution in [-0.4, -0.2) is 59.0 Å². The Morgan fingerprint density at radius 1 is 1.03 bits per heavy atom. The summed E-state index contributed by atoms with van der Waals surface area (Å²) in [4.78, 5) is 29.7. The van der Waals surface area contributed by atoms with Crippen LogP contribution in [0.3, 0.4) is 0 Å². The van der Waals surface area contributed by atoms with Crippen molar-refractivity contribution in [3.8, 4) is 0 Å². The summed E-state index contributed by atoms with van der Waals surface area (Å²) in [5.41, 5.74) is 2.29. The second kappa shape index (κ2) is 10.5. The summed E-state index contributed by atoms with van der Waals surface area (Å²) in [5.74, 6) is 4.66. The number of amides is 2. The van der Waals surface area contributed by atoms with Gasteiger partial charge in [-0.05, 0) is 124 Å². The van der Waals surface area contributed by atoms with Gasteiger partial charge < -0.3 is 14.9 Å². The Morgan fingerprint density at radius 3 is 2.49 bits per heavy atom. The Bertz CT molecular complexity index is 981. The number of nitrogens with zero attached hydrogens (tertiary/aromatic N) is 2. The minimum atomic E-state index is -0.127. The van der Waals surface area contributed by atoms with Crippen molar-refractivity contribution in [3.05, 3.63) is 11.6 Å². The van der Waals surface area contributed by atoms with Crippen molar-refractivity contribution in [1.82, 2.24) is 9.80 Å². The third kappa shape index (κ3) is 4.91. The van der Waals surface area contributed by atoms with E-state index >= 15 is 0 Å².